The van der Waals surface area contributed by atoms with Gasteiger partial charge in [0.15, 0.2) is 4.80 Å². The first-order chi connectivity index (χ1) is 16.7. The van der Waals surface area contributed by atoms with E-state index >= 15 is 0 Å². The summed E-state index contributed by atoms with van der Waals surface area (Å²) in [5.74, 6) is -0.320. The molecule has 0 aliphatic carbocycles. The molecule has 0 radical (unpaired) electrons. The normalized spacial score (nSPS) is 15.7. The molecule has 1 aromatic carbocycles. The zero-order chi connectivity index (χ0) is 25.3. The molecule has 0 fully saturated rings. The van der Waals surface area contributed by atoms with E-state index in [-0.39, 0.29) is 28.6 Å². The first kappa shape index (κ1) is 24.1. The standard InChI is InChI=1S/C24H23N3O7S/c1-5-32-23(29)20-14(4)25-24-26(21(20)16-8-6-7-9-17(16)33-13(2)3)22(28)18(35-24)12-15-10-11-19(34-15)27(30)31/h6-13,21H,5H2,1-4H3/b18-12+/t21-/m0/s1. The summed E-state index contributed by atoms with van der Waals surface area (Å²) in [6.07, 6.45) is 1.28. The van der Waals surface area contributed by atoms with E-state index in [2.05, 4.69) is 4.99 Å². The number of para-hydroxylation sites is 1. The Morgan fingerprint density at radius 2 is 2.06 bits per heavy atom. The van der Waals surface area contributed by atoms with E-state index in [0.29, 0.717) is 21.8 Å². The van der Waals surface area contributed by atoms with Gasteiger partial charge in [-0.15, -0.1) is 0 Å². The average Bonchev–Trinajstić information content (AvgIpc) is 3.38. The molecule has 2 aromatic heterocycles. The number of nitro groups is 1. The van der Waals surface area contributed by atoms with Gasteiger partial charge in [-0.2, -0.15) is 0 Å². The van der Waals surface area contributed by atoms with E-state index in [0.717, 1.165) is 11.3 Å². The topological polar surface area (TPSA) is 126 Å². The molecule has 0 saturated carbocycles. The smallest absolute Gasteiger partial charge is 0.433 e. The second-order valence-electron chi connectivity index (χ2n) is 7.94. The van der Waals surface area contributed by atoms with Crippen LogP contribution in [0.2, 0.25) is 0 Å². The molecule has 0 saturated heterocycles. The Balaban J connectivity index is 1.96. The molecule has 0 N–H and O–H groups in total. The van der Waals surface area contributed by atoms with Crippen molar-refractivity contribution in [2.75, 3.05) is 6.61 Å². The molecule has 0 bridgehead atoms. The fraction of sp³-hybridized carbons (Fsp3) is 0.292. The third-order valence-electron chi connectivity index (χ3n) is 5.16. The van der Waals surface area contributed by atoms with Crippen molar-refractivity contribution in [3.8, 4) is 5.75 Å². The summed E-state index contributed by atoms with van der Waals surface area (Å²) >= 11 is 1.09. The molecule has 10 nitrogen and oxygen atoms in total. The maximum Gasteiger partial charge on any atom is 0.433 e. The lowest BCUT2D eigenvalue weighted by molar-refractivity contribution is -0.402. The molecule has 3 aromatic rings. The molecule has 0 spiro atoms. The summed E-state index contributed by atoms with van der Waals surface area (Å²) in [4.78, 5) is 41.8. The number of thiazole rings is 1. The predicted molar refractivity (Wildman–Crippen MR) is 128 cm³/mol. The number of fused-ring (bicyclic) bond motifs is 1. The highest BCUT2D eigenvalue weighted by atomic mass is 32.1. The summed E-state index contributed by atoms with van der Waals surface area (Å²) in [6, 6.07) is 8.99. The minimum atomic E-state index is -0.840. The maximum atomic E-state index is 13.6. The van der Waals surface area contributed by atoms with Crippen molar-refractivity contribution in [3.63, 3.8) is 0 Å². The van der Waals surface area contributed by atoms with Crippen LogP contribution in [-0.2, 0) is 9.53 Å². The Hall–Kier alpha value is -3.99. The van der Waals surface area contributed by atoms with Crippen LogP contribution >= 0.6 is 11.3 Å². The van der Waals surface area contributed by atoms with Gasteiger partial charge in [-0.3, -0.25) is 19.5 Å². The molecule has 182 valence electrons. The quantitative estimate of drug-likeness (QED) is 0.279. The zero-order valence-corrected chi connectivity index (χ0v) is 20.3. The van der Waals surface area contributed by atoms with Crippen LogP contribution in [0.5, 0.6) is 5.75 Å². The lowest BCUT2D eigenvalue weighted by Gasteiger charge is -2.26. The van der Waals surface area contributed by atoms with Crippen molar-refractivity contribution >= 4 is 29.3 Å². The SMILES string of the molecule is CCOC(=O)C1=C(C)N=c2s/c(=C/c3ccc([N+](=O)[O-])o3)c(=O)n2[C@H]1c1ccccc1OC(C)C. The van der Waals surface area contributed by atoms with Gasteiger partial charge < -0.3 is 13.9 Å². The predicted octanol–water partition coefficient (Wildman–Crippen LogP) is 3.09. The van der Waals surface area contributed by atoms with E-state index in [9.17, 15) is 19.7 Å². The zero-order valence-electron chi connectivity index (χ0n) is 19.5. The van der Waals surface area contributed by atoms with Gasteiger partial charge in [0.25, 0.3) is 5.56 Å². The summed E-state index contributed by atoms with van der Waals surface area (Å²) in [5.41, 5.74) is 0.847. The first-order valence-electron chi connectivity index (χ1n) is 10.9. The highest BCUT2D eigenvalue weighted by Gasteiger charge is 2.35. The van der Waals surface area contributed by atoms with E-state index in [1.54, 1.807) is 32.0 Å². The number of rotatable bonds is 7. The number of hydrogen-bond donors (Lipinski definition) is 0. The van der Waals surface area contributed by atoms with Gasteiger partial charge in [-0.05, 0) is 39.8 Å². The van der Waals surface area contributed by atoms with Gasteiger partial charge in [0.2, 0.25) is 0 Å². The van der Waals surface area contributed by atoms with Crippen LogP contribution in [0.25, 0.3) is 6.08 Å². The van der Waals surface area contributed by atoms with E-state index in [4.69, 9.17) is 13.9 Å². The molecule has 11 heteroatoms. The van der Waals surface area contributed by atoms with E-state index in [1.807, 2.05) is 19.9 Å². The number of nitrogens with zero attached hydrogens (tertiary/aromatic N) is 3. The minimum absolute atomic E-state index is 0.141. The fourth-order valence-electron chi connectivity index (χ4n) is 3.80. The summed E-state index contributed by atoms with van der Waals surface area (Å²) in [6.45, 7) is 7.33. The molecule has 1 aliphatic rings. The van der Waals surface area contributed by atoms with Crippen LogP contribution in [0.3, 0.4) is 0 Å². The van der Waals surface area contributed by atoms with Gasteiger partial charge in [0, 0.05) is 11.6 Å². The van der Waals surface area contributed by atoms with Gasteiger partial charge in [-0.25, -0.2) is 9.79 Å². The van der Waals surface area contributed by atoms with E-state index < -0.39 is 28.4 Å². The van der Waals surface area contributed by atoms with Crippen molar-refractivity contribution in [3.05, 3.63) is 88.8 Å². The molecule has 1 atom stereocenters. The summed E-state index contributed by atoms with van der Waals surface area (Å²) in [5, 5.41) is 10.9. The lowest BCUT2D eigenvalue weighted by Crippen LogP contribution is -2.40. The van der Waals surface area contributed by atoms with E-state index in [1.165, 1.54) is 22.8 Å². The molecule has 3 heterocycles. The third-order valence-corrected chi connectivity index (χ3v) is 6.14. The number of allylic oxidation sites excluding steroid dienone is 1. The van der Waals surface area contributed by atoms with Crippen molar-refractivity contribution in [1.82, 2.24) is 4.57 Å². The number of carbonyl (C=O) groups is 1. The molecular weight excluding hydrogens is 474 g/mol. The van der Waals surface area contributed by atoms with Crippen molar-refractivity contribution in [2.45, 2.75) is 39.8 Å². The number of aromatic nitrogens is 1. The van der Waals surface area contributed by atoms with Gasteiger partial charge in [-0.1, -0.05) is 29.5 Å². The lowest BCUT2D eigenvalue weighted by atomic mass is 9.95. The van der Waals surface area contributed by atoms with Crippen molar-refractivity contribution in [2.24, 2.45) is 4.99 Å². The largest absolute Gasteiger partial charge is 0.491 e. The average molecular weight is 498 g/mol. The number of esters is 1. The molecule has 0 unspecified atom stereocenters. The molecule has 4 rings (SSSR count). The number of hydrogen-bond acceptors (Lipinski definition) is 9. The Morgan fingerprint density at radius 1 is 1.31 bits per heavy atom. The maximum absolute atomic E-state index is 13.6. The monoisotopic (exact) mass is 497 g/mol. The first-order valence-corrected chi connectivity index (χ1v) is 11.7. The number of furan rings is 1. The molecular formula is C24H23N3O7S. The molecule has 35 heavy (non-hydrogen) atoms. The van der Waals surface area contributed by atoms with Crippen molar-refractivity contribution in [1.29, 1.82) is 0 Å². The van der Waals surface area contributed by atoms with Crippen LogP contribution in [0, 0.1) is 10.1 Å². The van der Waals surface area contributed by atoms with Gasteiger partial charge in [0.1, 0.15) is 22.5 Å². The minimum Gasteiger partial charge on any atom is -0.491 e. The fourth-order valence-corrected chi connectivity index (χ4v) is 4.83. The van der Waals surface area contributed by atoms with Gasteiger partial charge in [0.05, 0.1) is 34.6 Å². The van der Waals surface area contributed by atoms with Gasteiger partial charge >= 0.3 is 11.9 Å². The Bertz CT molecular complexity index is 1510. The van der Waals surface area contributed by atoms with Crippen LogP contribution < -0.4 is 19.6 Å². The van der Waals surface area contributed by atoms with Crippen LogP contribution in [0.1, 0.15) is 45.1 Å². The number of carbonyl (C=O) groups excluding carboxylic acids is 1. The Morgan fingerprint density at radius 3 is 2.71 bits per heavy atom. The number of ether oxygens (including phenoxy) is 2. The highest BCUT2D eigenvalue weighted by molar-refractivity contribution is 7.07. The molecule has 1 aliphatic heterocycles. The number of benzene rings is 1. The summed E-state index contributed by atoms with van der Waals surface area (Å²) in [7, 11) is 0. The van der Waals surface area contributed by atoms with Crippen LogP contribution in [0.15, 0.2) is 61.9 Å². The van der Waals surface area contributed by atoms with Crippen LogP contribution in [0.4, 0.5) is 5.88 Å². The Labute approximate surface area is 203 Å². The Kier molecular flexibility index (Phi) is 6.70. The highest BCUT2D eigenvalue weighted by Crippen LogP contribution is 2.36. The second kappa shape index (κ2) is 9.71. The summed E-state index contributed by atoms with van der Waals surface area (Å²) < 4.78 is 18.2. The van der Waals surface area contributed by atoms with Crippen LogP contribution in [-0.4, -0.2) is 28.2 Å². The third kappa shape index (κ3) is 4.67. The molecule has 0 amide bonds. The van der Waals surface area contributed by atoms with Crippen molar-refractivity contribution < 1.29 is 23.6 Å². The second-order valence-corrected chi connectivity index (χ2v) is 8.95.